The smallest absolute Gasteiger partial charge is 0.272 e. The van der Waals surface area contributed by atoms with E-state index in [0.717, 1.165) is 16.0 Å². The molecule has 44 heavy (non-hydrogen) atoms. The van der Waals surface area contributed by atoms with Crippen LogP contribution in [0.1, 0.15) is 26.3 Å². The molecule has 6 nitrogen and oxygen atoms in total. The Morgan fingerprint density at radius 2 is 1.39 bits per heavy atom. The number of benzene rings is 5. The van der Waals surface area contributed by atoms with E-state index in [1.165, 1.54) is 11.8 Å². The fourth-order valence-electron chi connectivity index (χ4n) is 4.41. The van der Waals surface area contributed by atoms with Gasteiger partial charge in [0.15, 0.2) is 5.78 Å². The van der Waals surface area contributed by atoms with E-state index >= 15 is 0 Å². The van der Waals surface area contributed by atoms with E-state index in [2.05, 4.69) is 10.6 Å². The SMILES string of the molecule is COc1cccc(/C=C(\NC(=O)c2ccccc2)C(=O)Nc2cccc(SCC(=O)c3ccc(-c4ccccc4)cc3)c2)c1. The number of hydrogen-bond acceptors (Lipinski definition) is 5. The molecule has 0 heterocycles. The van der Waals surface area contributed by atoms with Crippen molar-refractivity contribution in [3.8, 4) is 16.9 Å². The predicted octanol–water partition coefficient (Wildman–Crippen LogP) is 7.75. The molecule has 0 spiro atoms. The normalized spacial score (nSPS) is 11.0. The summed E-state index contributed by atoms with van der Waals surface area (Å²) in [6, 6.07) is 40.8. The van der Waals surface area contributed by atoms with Crippen LogP contribution in [0, 0.1) is 0 Å². The van der Waals surface area contributed by atoms with Crippen molar-refractivity contribution in [3.63, 3.8) is 0 Å². The Labute approximate surface area is 260 Å². The van der Waals surface area contributed by atoms with Gasteiger partial charge in [-0.1, -0.05) is 91.0 Å². The van der Waals surface area contributed by atoms with Crippen LogP contribution in [0.2, 0.25) is 0 Å². The number of Topliss-reactive ketones (excluding diaryl/α,β-unsaturated/α-hetero) is 1. The van der Waals surface area contributed by atoms with Crippen LogP contribution < -0.4 is 15.4 Å². The lowest BCUT2D eigenvalue weighted by molar-refractivity contribution is -0.113. The highest BCUT2D eigenvalue weighted by atomic mass is 32.2. The van der Waals surface area contributed by atoms with Crippen molar-refractivity contribution < 1.29 is 19.1 Å². The second-order valence-corrected chi connectivity index (χ2v) is 10.8. The van der Waals surface area contributed by atoms with Crippen LogP contribution in [0.4, 0.5) is 5.69 Å². The number of hydrogen-bond donors (Lipinski definition) is 2. The van der Waals surface area contributed by atoms with Gasteiger partial charge in [-0.2, -0.15) is 0 Å². The molecule has 5 aromatic carbocycles. The molecule has 0 aromatic heterocycles. The molecule has 0 fully saturated rings. The zero-order chi connectivity index (χ0) is 30.7. The molecule has 7 heteroatoms. The molecule has 2 amide bonds. The van der Waals surface area contributed by atoms with Gasteiger partial charge in [0.1, 0.15) is 11.4 Å². The van der Waals surface area contributed by atoms with Crippen molar-refractivity contribution in [3.05, 3.63) is 156 Å². The maximum atomic E-state index is 13.4. The van der Waals surface area contributed by atoms with Crippen LogP contribution in [0.25, 0.3) is 17.2 Å². The molecule has 5 rings (SSSR count). The Hall–Kier alpha value is -5.40. The molecule has 0 unspecified atom stereocenters. The van der Waals surface area contributed by atoms with Gasteiger partial charge in [-0.3, -0.25) is 14.4 Å². The van der Waals surface area contributed by atoms with Gasteiger partial charge in [-0.15, -0.1) is 11.8 Å². The van der Waals surface area contributed by atoms with Gasteiger partial charge in [-0.05, 0) is 65.2 Å². The van der Waals surface area contributed by atoms with Crippen LogP contribution in [-0.2, 0) is 4.79 Å². The maximum Gasteiger partial charge on any atom is 0.272 e. The molecule has 0 bridgehead atoms. The summed E-state index contributed by atoms with van der Waals surface area (Å²) in [5.74, 6) is -0.0187. The van der Waals surface area contributed by atoms with Crippen molar-refractivity contribution in [2.75, 3.05) is 18.2 Å². The van der Waals surface area contributed by atoms with Gasteiger partial charge in [-0.25, -0.2) is 0 Å². The minimum atomic E-state index is -0.492. The third-order valence-electron chi connectivity index (χ3n) is 6.71. The zero-order valence-electron chi connectivity index (χ0n) is 24.0. The summed E-state index contributed by atoms with van der Waals surface area (Å²) in [5, 5.41) is 5.62. The van der Waals surface area contributed by atoms with Gasteiger partial charge in [0.05, 0.1) is 12.9 Å². The Balaban J connectivity index is 1.27. The minimum absolute atomic E-state index is 0.0104. The first-order valence-electron chi connectivity index (χ1n) is 13.9. The number of amides is 2. The van der Waals surface area contributed by atoms with Gasteiger partial charge in [0, 0.05) is 21.7 Å². The van der Waals surface area contributed by atoms with Crippen molar-refractivity contribution in [2.45, 2.75) is 4.90 Å². The van der Waals surface area contributed by atoms with E-state index in [-0.39, 0.29) is 17.2 Å². The lowest BCUT2D eigenvalue weighted by atomic mass is 10.0. The Bertz CT molecular complexity index is 1790. The molecule has 5 aromatic rings. The molecular formula is C37H30N2O4S. The van der Waals surface area contributed by atoms with Crippen LogP contribution in [0.5, 0.6) is 5.75 Å². The zero-order valence-corrected chi connectivity index (χ0v) is 24.8. The fourth-order valence-corrected chi connectivity index (χ4v) is 5.26. The quantitative estimate of drug-likeness (QED) is 0.0923. The summed E-state index contributed by atoms with van der Waals surface area (Å²) in [6.45, 7) is 0. The highest BCUT2D eigenvalue weighted by Crippen LogP contribution is 2.25. The molecule has 2 N–H and O–H groups in total. The van der Waals surface area contributed by atoms with Gasteiger partial charge < -0.3 is 15.4 Å². The van der Waals surface area contributed by atoms with Crippen LogP contribution in [0.15, 0.2) is 144 Å². The molecule has 0 saturated heterocycles. The number of carbonyl (C=O) groups is 3. The Morgan fingerprint density at radius 3 is 2.11 bits per heavy atom. The number of ketones is 1. The summed E-state index contributed by atoms with van der Waals surface area (Å²) in [7, 11) is 1.56. The van der Waals surface area contributed by atoms with Crippen molar-refractivity contribution in [1.29, 1.82) is 0 Å². The van der Waals surface area contributed by atoms with Gasteiger partial charge >= 0.3 is 0 Å². The summed E-state index contributed by atoms with van der Waals surface area (Å²) in [5.41, 5.74) is 4.50. The van der Waals surface area contributed by atoms with E-state index in [1.807, 2.05) is 78.9 Å². The number of methoxy groups -OCH3 is 1. The van der Waals surface area contributed by atoms with Crippen LogP contribution in [-0.4, -0.2) is 30.5 Å². The van der Waals surface area contributed by atoms with Gasteiger partial charge in [0.2, 0.25) is 0 Å². The Kier molecular flexibility index (Phi) is 10.0. The van der Waals surface area contributed by atoms with Crippen molar-refractivity contribution >= 4 is 41.1 Å². The number of carbonyl (C=O) groups excluding carboxylic acids is 3. The summed E-state index contributed by atoms with van der Waals surface area (Å²) < 4.78 is 5.30. The first kappa shape index (κ1) is 30.1. The molecule has 0 atom stereocenters. The molecule has 0 aliphatic rings. The fraction of sp³-hybridized carbons (Fsp3) is 0.0541. The topological polar surface area (TPSA) is 84.5 Å². The maximum absolute atomic E-state index is 13.4. The second kappa shape index (κ2) is 14.7. The standard InChI is InChI=1S/C37H30N2O4S/c1-43-32-16-8-10-26(22-32)23-34(39-36(41)30-13-6-3-7-14-30)37(42)38-31-15-9-17-33(24-31)44-25-35(40)29-20-18-28(19-21-29)27-11-4-2-5-12-27/h2-24H,25H2,1H3,(H,38,42)(H,39,41)/b34-23-. The second-order valence-electron chi connectivity index (χ2n) is 9.79. The molecule has 0 saturated carbocycles. The Morgan fingerprint density at radius 1 is 0.705 bits per heavy atom. The predicted molar refractivity (Wildman–Crippen MR) is 177 cm³/mol. The van der Waals surface area contributed by atoms with Gasteiger partial charge in [0.25, 0.3) is 11.8 Å². The summed E-state index contributed by atoms with van der Waals surface area (Å²) in [6.07, 6.45) is 1.60. The molecule has 0 aliphatic carbocycles. The van der Waals surface area contributed by atoms with Crippen LogP contribution >= 0.6 is 11.8 Å². The lowest BCUT2D eigenvalue weighted by Crippen LogP contribution is -2.30. The molecule has 0 radical (unpaired) electrons. The first-order chi connectivity index (χ1) is 21.5. The highest BCUT2D eigenvalue weighted by Gasteiger charge is 2.16. The number of anilines is 1. The summed E-state index contributed by atoms with van der Waals surface area (Å²) in [4.78, 5) is 40.1. The van der Waals surface area contributed by atoms with E-state index in [1.54, 1.807) is 67.8 Å². The average molecular weight is 599 g/mol. The molecule has 218 valence electrons. The molecule has 0 aliphatic heterocycles. The largest absolute Gasteiger partial charge is 0.497 e. The number of rotatable bonds is 11. The number of thioether (sulfide) groups is 1. The minimum Gasteiger partial charge on any atom is -0.497 e. The van der Waals surface area contributed by atoms with E-state index in [0.29, 0.717) is 28.1 Å². The number of ether oxygens (including phenoxy) is 1. The average Bonchev–Trinajstić information content (AvgIpc) is 3.08. The third-order valence-corrected chi connectivity index (χ3v) is 7.70. The first-order valence-corrected chi connectivity index (χ1v) is 14.9. The van der Waals surface area contributed by atoms with E-state index in [9.17, 15) is 14.4 Å². The lowest BCUT2D eigenvalue weighted by Gasteiger charge is -2.12. The monoisotopic (exact) mass is 598 g/mol. The van der Waals surface area contributed by atoms with Crippen molar-refractivity contribution in [1.82, 2.24) is 5.32 Å². The van der Waals surface area contributed by atoms with Crippen LogP contribution in [0.3, 0.4) is 0 Å². The highest BCUT2D eigenvalue weighted by molar-refractivity contribution is 8.00. The van der Waals surface area contributed by atoms with Crippen molar-refractivity contribution in [2.24, 2.45) is 0 Å². The number of nitrogens with one attached hydrogen (secondary N) is 2. The molecular weight excluding hydrogens is 568 g/mol. The third kappa shape index (κ3) is 8.12. The van der Waals surface area contributed by atoms with E-state index < -0.39 is 11.8 Å². The van der Waals surface area contributed by atoms with E-state index in [4.69, 9.17) is 4.74 Å². The summed E-state index contributed by atoms with van der Waals surface area (Å²) >= 11 is 1.39.